The Morgan fingerprint density at radius 1 is 1.15 bits per heavy atom. The van der Waals surface area contributed by atoms with Crippen LogP contribution in [0, 0.1) is 6.92 Å². The summed E-state index contributed by atoms with van der Waals surface area (Å²) in [5.41, 5.74) is 2.43. The van der Waals surface area contributed by atoms with Gasteiger partial charge in [0, 0.05) is 29.9 Å². The van der Waals surface area contributed by atoms with Gasteiger partial charge in [-0.2, -0.15) is 0 Å². The molecule has 1 aliphatic rings. The van der Waals surface area contributed by atoms with Crippen LogP contribution in [0.1, 0.15) is 32.3 Å². The Hall–Kier alpha value is -1.77. The number of anilines is 2. The maximum absolute atomic E-state index is 4.73. The van der Waals surface area contributed by atoms with E-state index in [0.29, 0.717) is 6.04 Å². The summed E-state index contributed by atoms with van der Waals surface area (Å²) in [5.74, 6) is 1.15. The van der Waals surface area contributed by atoms with Crippen molar-refractivity contribution >= 4 is 22.3 Å². The highest BCUT2D eigenvalue weighted by atomic mass is 15.2. The van der Waals surface area contributed by atoms with Crippen molar-refractivity contribution in [1.82, 2.24) is 4.98 Å². The molecule has 1 aliphatic heterocycles. The van der Waals surface area contributed by atoms with Crippen LogP contribution in [0.5, 0.6) is 0 Å². The van der Waals surface area contributed by atoms with Crippen molar-refractivity contribution < 1.29 is 0 Å². The summed E-state index contributed by atoms with van der Waals surface area (Å²) in [6.45, 7) is 8.74. The summed E-state index contributed by atoms with van der Waals surface area (Å²) in [4.78, 5) is 7.15. The number of pyridine rings is 1. The molecule has 3 rings (SSSR count). The van der Waals surface area contributed by atoms with E-state index in [1.54, 1.807) is 0 Å². The number of aromatic nitrogens is 1. The number of fused-ring (bicyclic) bond motifs is 1. The second-order valence-corrected chi connectivity index (χ2v) is 6.04. The van der Waals surface area contributed by atoms with Crippen molar-refractivity contribution in [3.63, 3.8) is 0 Å². The molecule has 3 nitrogen and oxygen atoms in total. The molecule has 20 heavy (non-hydrogen) atoms. The summed E-state index contributed by atoms with van der Waals surface area (Å²) < 4.78 is 0. The highest BCUT2D eigenvalue weighted by molar-refractivity contribution is 6.00. The Kier molecular flexibility index (Phi) is 3.51. The van der Waals surface area contributed by atoms with Crippen molar-refractivity contribution in [2.24, 2.45) is 0 Å². The lowest BCUT2D eigenvalue weighted by molar-refractivity contribution is 0.897. The van der Waals surface area contributed by atoms with Gasteiger partial charge in [-0.1, -0.05) is 17.7 Å². The minimum atomic E-state index is 0.415. The van der Waals surface area contributed by atoms with Crippen LogP contribution in [0.2, 0.25) is 0 Å². The van der Waals surface area contributed by atoms with E-state index >= 15 is 0 Å². The van der Waals surface area contributed by atoms with Gasteiger partial charge in [0.25, 0.3) is 0 Å². The number of nitrogens with one attached hydrogen (secondary N) is 1. The maximum Gasteiger partial charge on any atom is 0.136 e. The molecule has 1 fully saturated rings. The van der Waals surface area contributed by atoms with Gasteiger partial charge in [-0.15, -0.1) is 0 Å². The molecule has 0 radical (unpaired) electrons. The number of nitrogens with zero attached hydrogens (tertiary/aromatic N) is 2. The fourth-order valence-electron chi connectivity index (χ4n) is 2.95. The topological polar surface area (TPSA) is 28.2 Å². The predicted octanol–water partition coefficient (Wildman–Crippen LogP) is 3.96. The van der Waals surface area contributed by atoms with Gasteiger partial charge >= 0.3 is 0 Å². The maximum atomic E-state index is 4.73. The third kappa shape index (κ3) is 2.45. The van der Waals surface area contributed by atoms with Crippen LogP contribution in [-0.2, 0) is 0 Å². The van der Waals surface area contributed by atoms with E-state index in [4.69, 9.17) is 4.98 Å². The third-order valence-corrected chi connectivity index (χ3v) is 3.87. The summed E-state index contributed by atoms with van der Waals surface area (Å²) in [7, 11) is 0. The van der Waals surface area contributed by atoms with Crippen molar-refractivity contribution in [1.29, 1.82) is 0 Å². The first-order valence-corrected chi connectivity index (χ1v) is 7.56. The Balaban J connectivity index is 2.14. The lowest BCUT2D eigenvalue weighted by atomic mass is 10.1. The Labute approximate surface area is 121 Å². The van der Waals surface area contributed by atoms with E-state index in [0.717, 1.165) is 24.6 Å². The molecule has 0 aliphatic carbocycles. The molecule has 2 aromatic rings. The summed E-state index contributed by atoms with van der Waals surface area (Å²) in [6.07, 6.45) is 4.55. The normalized spacial score (nSPS) is 15.3. The molecule has 1 aromatic carbocycles. The van der Waals surface area contributed by atoms with Crippen molar-refractivity contribution in [3.8, 4) is 0 Å². The molecule has 1 aromatic heterocycles. The minimum absolute atomic E-state index is 0.415. The van der Waals surface area contributed by atoms with Gasteiger partial charge in [0.2, 0.25) is 0 Å². The summed E-state index contributed by atoms with van der Waals surface area (Å²) >= 11 is 0. The zero-order valence-corrected chi connectivity index (χ0v) is 12.6. The van der Waals surface area contributed by atoms with Gasteiger partial charge in [0.1, 0.15) is 5.82 Å². The Morgan fingerprint density at radius 3 is 2.60 bits per heavy atom. The molecule has 1 saturated heterocycles. The lowest BCUT2D eigenvalue weighted by Gasteiger charge is -2.21. The van der Waals surface area contributed by atoms with Gasteiger partial charge in [0.05, 0.1) is 11.9 Å². The van der Waals surface area contributed by atoms with Crippen LogP contribution in [0.25, 0.3) is 10.8 Å². The highest BCUT2D eigenvalue weighted by Gasteiger charge is 2.17. The minimum Gasteiger partial charge on any atom is -0.381 e. The van der Waals surface area contributed by atoms with E-state index in [1.807, 2.05) is 6.20 Å². The van der Waals surface area contributed by atoms with E-state index in [1.165, 1.54) is 29.2 Å². The van der Waals surface area contributed by atoms with Crippen LogP contribution in [0.3, 0.4) is 0 Å². The second-order valence-electron chi connectivity index (χ2n) is 6.04. The molecule has 2 heterocycles. The van der Waals surface area contributed by atoms with E-state index in [9.17, 15) is 0 Å². The van der Waals surface area contributed by atoms with Crippen LogP contribution in [0.15, 0.2) is 24.4 Å². The van der Waals surface area contributed by atoms with Crippen molar-refractivity contribution in [2.75, 3.05) is 23.3 Å². The quantitative estimate of drug-likeness (QED) is 0.914. The number of benzene rings is 1. The van der Waals surface area contributed by atoms with Gasteiger partial charge in [-0.05, 0) is 39.7 Å². The largest absolute Gasteiger partial charge is 0.381 e. The van der Waals surface area contributed by atoms with Crippen molar-refractivity contribution in [3.05, 3.63) is 30.0 Å². The van der Waals surface area contributed by atoms with E-state index < -0.39 is 0 Å². The molecule has 1 N–H and O–H groups in total. The molecule has 106 valence electrons. The first kappa shape index (κ1) is 13.2. The standard InChI is InChI=1S/C17H23N3/c1-12(2)19-16-11-18-17(20-8-4-5-9-20)14-7-6-13(3)10-15(14)16/h6-7,10-12,19H,4-5,8-9H2,1-3H3. The van der Waals surface area contributed by atoms with E-state index in [2.05, 4.69) is 49.2 Å². The fraction of sp³-hybridized carbons (Fsp3) is 0.471. The SMILES string of the molecule is Cc1ccc2c(N3CCCC3)ncc(NC(C)C)c2c1. The van der Waals surface area contributed by atoms with Crippen molar-refractivity contribution in [2.45, 2.75) is 39.7 Å². The number of rotatable bonds is 3. The molecule has 0 amide bonds. The molecule has 0 unspecified atom stereocenters. The van der Waals surface area contributed by atoms with Gasteiger partial charge < -0.3 is 10.2 Å². The molecule has 0 spiro atoms. The Bertz CT molecular complexity index is 613. The molecule has 3 heteroatoms. The third-order valence-electron chi connectivity index (χ3n) is 3.87. The van der Waals surface area contributed by atoms with Crippen LogP contribution >= 0.6 is 0 Å². The smallest absolute Gasteiger partial charge is 0.136 e. The van der Waals surface area contributed by atoms with Gasteiger partial charge in [0.15, 0.2) is 0 Å². The molecular weight excluding hydrogens is 246 g/mol. The molecule has 0 saturated carbocycles. The average Bonchev–Trinajstić information content (AvgIpc) is 2.92. The van der Waals surface area contributed by atoms with Crippen LogP contribution < -0.4 is 10.2 Å². The predicted molar refractivity (Wildman–Crippen MR) is 86.7 cm³/mol. The van der Waals surface area contributed by atoms with Gasteiger partial charge in [-0.3, -0.25) is 0 Å². The van der Waals surface area contributed by atoms with E-state index in [-0.39, 0.29) is 0 Å². The first-order chi connectivity index (χ1) is 9.65. The molecule has 0 atom stereocenters. The summed E-state index contributed by atoms with van der Waals surface area (Å²) in [6, 6.07) is 7.08. The van der Waals surface area contributed by atoms with Gasteiger partial charge in [-0.25, -0.2) is 4.98 Å². The summed E-state index contributed by atoms with van der Waals surface area (Å²) in [5, 5.41) is 6.07. The van der Waals surface area contributed by atoms with Crippen LogP contribution in [0.4, 0.5) is 11.5 Å². The Morgan fingerprint density at radius 2 is 1.90 bits per heavy atom. The first-order valence-electron chi connectivity index (χ1n) is 7.56. The number of hydrogen-bond acceptors (Lipinski definition) is 3. The van der Waals surface area contributed by atoms with Crippen LogP contribution in [-0.4, -0.2) is 24.1 Å². The zero-order valence-electron chi connectivity index (χ0n) is 12.6. The fourth-order valence-corrected chi connectivity index (χ4v) is 2.95. The molecule has 0 bridgehead atoms. The number of hydrogen-bond donors (Lipinski definition) is 1. The lowest BCUT2D eigenvalue weighted by Crippen LogP contribution is -2.20. The second kappa shape index (κ2) is 5.31. The number of aryl methyl sites for hydroxylation is 1. The highest BCUT2D eigenvalue weighted by Crippen LogP contribution is 2.32. The molecular formula is C17H23N3. The zero-order chi connectivity index (χ0) is 14.1. The monoisotopic (exact) mass is 269 g/mol. The average molecular weight is 269 g/mol.